The fourth-order valence-corrected chi connectivity index (χ4v) is 2.91. The van der Waals surface area contributed by atoms with Gasteiger partial charge in [-0.05, 0) is 34.8 Å². The van der Waals surface area contributed by atoms with E-state index in [-0.39, 0.29) is 6.10 Å². The van der Waals surface area contributed by atoms with Crippen molar-refractivity contribution in [3.8, 4) is 0 Å². The molecule has 0 amide bonds. The Morgan fingerprint density at radius 2 is 2.32 bits per heavy atom. The number of epoxide rings is 1. The third-order valence-electron chi connectivity index (χ3n) is 3.59. The summed E-state index contributed by atoms with van der Waals surface area (Å²) in [6.07, 6.45) is 4.36. The van der Waals surface area contributed by atoms with Gasteiger partial charge in [0.2, 0.25) is 0 Å². The van der Waals surface area contributed by atoms with Gasteiger partial charge in [0.1, 0.15) is 17.4 Å². The molecule has 0 bridgehead atoms. The van der Waals surface area contributed by atoms with Crippen molar-refractivity contribution < 1.29 is 9.47 Å². The number of rotatable bonds is 3. The summed E-state index contributed by atoms with van der Waals surface area (Å²) in [4.78, 5) is 9.22. The molecule has 100 valence electrons. The van der Waals surface area contributed by atoms with Gasteiger partial charge in [-0.25, -0.2) is 9.97 Å². The van der Waals surface area contributed by atoms with Gasteiger partial charge in [-0.1, -0.05) is 0 Å². The average molecular weight is 324 g/mol. The molecule has 0 saturated carbocycles. The molecular weight excluding hydrogens is 310 g/mol. The van der Waals surface area contributed by atoms with Crippen LogP contribution in [0.2, 0.25) is 0 Å². The molecule has 5 nitrogen and oxygen atoms in total. The largest absolute Gasteiger partial charge is 0.371 e. The van der Waals surface area contributed by atoms with E-state index in [0.717, 1.165) is 54.1 Å². The molecule has 0 N–H and O–H groups in total. The van der Waals surface area contributed by atoms with Crippen LogP contribution in [0, 0.1) is 0 Å². The highest BCUT2D eigenvalue weighted by molar-refractivity contribution is 9.10. The van der Waals surface area contributed by atoms with Crippen molar-refractivity contribution in [2.45, 2.75) is 31.6 Å². The number of aromatic nitrogens is 3. The highest BCUT2D eigenvalue weighted by Crippen LogP contribution is 2.31. The minimum absolute atomic E-state index is 0.103. The number of imidazole rings is 1. The van der Waals surface area contributed by atoms with Crippen LogP contribution in [-0.2, 0) is 16.0 Å². The number of pyridine rings is 1. The number of ether oxygens (including phenoxy) is 2. The minimum atomic E-state index is 0.103. The summed E-state index contributed by atoms with van der Waals surface area (Å²) >= 11 is 3.45. The normalized spacial score (nSPS) is 26.2. The SMILES string of the molecule is Brc1cnc2c(c1)nc(C1CCCO1)n2CC1CO1. The van der Waals surface area contributed by atoms with Gasteiger partial charge in [-0.15, -0.1) is 0 Å². The molecule has 2 saturated heterocycles. The summed E-state index contributed by atoms with van der Waals surface area (Å²) in [5, 5.41) is 0. The molecule has 4 heterocycles. The highest BCUT2D eigenvalue weighted by Gasteiger charge is 2.29. The Kier molecular flexibility index (Phi) is 2.82. The first-order chi connectivity index (χ1) is 9.31. The molecule has 2 aliphatic rings. The summed E-state index contributed by atoms with van der Waals surface area (Å²) in [6, 6.07) is 2.00. The van der Waals surface area contributed by atoms with Crippen molar-refractivity contribution in [2.75, 3.05) is 13.2 Å². The van der Waals surface area contributed by atoms with Crippen LogP contribution in [0.15, 0.2) is 16.7 Å². The van der Waals surface area contributed by atoms with Crippen molar-refractivity contribution in [2.24, 2.45) is 0 Å². The first-order valence-electron chi connectivity index (χ1n) is 6.56. The monoisotopic (exact) mass is 323 g/mol. The second-order valence-electron chi connectivity index (χ2n) is 5.03. The van der Waals surface area contributed by atoms with Crippen molar-refractivity contribution in [1.29, 1.82) is 0 Å². The van der Waals surface area contributed by atoms with Gasteiger partial charge in [0.15, 0.2) is 5.65 Å². The van der Waals surface area contributed by atoms with E-state index in [1.165, 1.54) is 0 Å². The third-order valence-corrected chi connectivity index (χ3v) is 4.02. The van der Waals surface area contributed by atoms with Crippen LogP contribution in [0.4, 0.5) is 0 Å². The van der Waals surface area contributed by atoms with Crippen molar-refractivity contribution >= 4 is 27.1 Å². The van der Waals surface area contributed by atoms with Gasteiger partial charge in [-0.3, -0.25) is 0 Å². The summed E-state index contributed by atoms with van der Waals surface area (Å²) in [7, 11) is 0. The Morgan fingerprint density at radius 1 is 1.42 bits per heavy atom. The first kappa shape index (κ1) is 11.8. The van der Waals surface area contributed by atoms with Crippen LogP contribution in [0.1, 0.15) is 24.8 Å². The van der Waals surface area contributed by atoms with E-state index >= 15 is 0 Å². The Balaban J connectivity index is 1.83. The van der Waals surface area contributed by atoms with Crippen molar-refractivity contribution in [1.82, 2.24) is 14.5 Å². The number of halogens is 1. The molecule has 2 fully saturated rings. The Labute approximate surface area is 119 Å². The second-order valence-corrected chi connectivity index (χ2v) is 5.95. The smallest absolute Gasteiger partial charge is 0.160 e. The molecule has 2 aliphatic heterocycles. The maximum atomic E-state index is 5.78. The summed E-state index contributed by atoms with van der Waals surface area (Å²) in [5.41, 5.74) is 1.84. The summed E-state index contributed by atoms with van der Waals surface area (Å²) in [5.74, 6) is 0.994. The number of hydrogen-bond donors (Lipinski definition) is 0. The highest BCUT2D eigenvalue weighted by atomic mass is 79.9. The van der Waals surface area contributed by atoms with Crippen LogP contribution in [0.25, 0.3) is 11.2 Å². The van der Waals surface area contributed by atoms with E-state index < -0.39 is 0 Å². The van der Waals surface area contributed by atoms with Crippen molar-refractivity contribution in [3.05, 3.63) is 22.6 Å². The zero-order chi connectivity index (χ0) is 12.8. The van der Waals surface area contributed by atoms with Gasteiger partial charge >= 0.3 is 0 Å². The Hall–Kier alpha value is -0.980. The predicted octanol–water partition coefficient (Wildman–Crippen LogP) is 2.44. The molecule has 0 radical (unpaired) electrons. The molecule has 2 aromatic heterocycles. The van der Waals surface area contributed by atoms with Crippen LogP contribution < -0.4 is 0 Å². The minimum Gasteiger partial charge on any atom is -0.371 e. The predicted molar refractivity (Wildman–Crippen MR) is 72.9 cm³/mol. The summed E-state index contributed by atoms with van der Waals surface area (Å²) < 4.78 is 14.2. The van der Waals surface area contributed by atoms with E-state index in [0.29, 0.717) is 6.10 Å². The van der Waals surface area contributed by atoms with Gasteiger partial charge in [0.05, 0.1) is 19.3 Å². The van der Waals surface area contributed by atoms with E-state index in [1.54, 1.807) is 0 Å². The molecule has 0 aliphatic carbocycles. The lowest BCUT2D eigenvalue weighted by Gasteiger charge is -2.11. The zero-order valence-corrected chi connectivity index (χ0v) is 12.0. The topological polar surface area (TPSA) is 52.5 Å². The van der Waals surface area contributed by atoms with Crippen LogP contribution in [0.5, 0.6) is 0 Å². The molecule has 0 spiro atoms. The van der Waals surface area contributed by atoms with E-state index in [1.807, 2.05) is 12.3 Å². The molecule has 2 atom stereocenters. The zero-order valence-electron chi connectivity index (χ0n) is 10.4. The van der Waals surface area contributed by atoms with Crippen LogP contribution >= 0.6 is 15.9 Å². The Bertz CT molecular complexity index is 618. The molecule has 2 aromatic rings. The molecule has 19 heavy (non-hydrogen) atoms. The number of hydrogen-bond acceptors (Lipinski definition) is 4. The first-order valence-corrected chi connectivity index (χ1v) is 7.35. The molecule has 4 rings (SSSR count). The quantitative estimate of drug-likeness (QED) is 0.814. The van der Waals surface area contributed by atoms with Crippen LogP contribution in [0.3, 0.4) is 0 Å². The molecule has 6 heteroatoms. The standard InChI is InChI=1S/C13H14BrN3O2/c14-8-4-10-12(15-5-8)17(6-9-7-19-9)13(16-10)11-2-1-3-18-11/h4-5,9,11H,1-3,6-7H2. The second kappa shape index (κ2) is 4.54. The number of nitrogens with zero attached hydrogens (tertiary/aromatic N) is 3. The van der Waals surface area contributed by atoms with E-state index in [2.05, 4.69) is 25.5 Å². The van der Waals surface area contributed by atoms with E-state index in [4.69, 9.17) is 14.5 Å². The average Bonchev–Trinajstić information content (AvgIpc) is 2.93. The van der Waals surface area contributed by atoms with Crippen LogP contribution in [-0.4, -0.2) is 33.9 Å². The fraction of sp³-hybridized carbons (Fsp3) is 0.538. The third kappa shape index (κ3) is 2.17. The molecular formula is C13H14BrN3O2. The van der Waals surface area contributed by atoms with Crippen molar-refractivity contribution in [3.63, 3.8) is 0 Å². The van der Waals surface area contributed by atoms with Gasteiger partial charge in [0.25, 0.3) is 0 Å². The molecule has 0 aromatic carbocycles. The molecule has 2 unspecified atom stereocenters. The fourth-order valence-electron chi connectivity index (χ4n) is 2.59. The maximum absolute atomic E-state index is 5.78. The van der Waals surface area contributed by atoms with Gasteiger partial charge in [0, 0.05) is 17.3 Å². The van der Waals surface area contributed by atoms with Gasteiger partial charge < -0.3 is 14.0 Å². The van der Waals surface area contributed by atoms with Gasteiger partial charge in [-0.2, -0.15) is 0 Å². The van der Waals surface area contributed by atoms with E-state index in [9.17, 15) is 0 Å². The lowest BCUT2D eigenvalue weighted by Crippen LogP contribution is -2.12. The lowest BCUT2D eigenvalue weighted by atomic mass is 10.2. The maximum Gasteiger partial charge on any atom is 0.160 e. The number of fused-ring (bicyclic) bond motifs is 1. The summed E-state index contributed by atoms with van der Waals surface area (Å²) in [6.45, 7) is 2.48. The lowest BCUT2D eigenvalue weighted by molar-refractivity contribution is 0.102. The Morgan fingerprint density at radius 3 is 3.05 bits per heavy atom.